The van der Waals surface area contributed by atoms with Crippen LogP contribution in [0.5, 0.6) is 0 Å². The zero-order chi connectivity index (χ0) is 6.27. The van der Waals surface area contributed by atoms with Gasteiger partial charge in [-0.3, -0.25) is 0 Å². The SMILES string of the molecule is OC1CO[C@@H]2OCCC12. The minimum atomic E-state index is -0.280. The topological polar surface area (TPSA) is 38.7 Å². The van der Waals surface area contributed by atoms with E-state index in [4.69, 9.17) is 9.47 Å². The van der Waals surface area contributed by atoms with Crippen molar-refractivity contribution in [1.82, 2.24) is 0 Å². The van der Waals surface area contributed by atoms with Gasteiger partial charge in [-0.2, -0.15) is 0 Å². The van der Waals surface area contributed by atoms with E-state index in [1.807, 2.05) is 0 Å². The molecule has 0 aromatic rings. The molecule has 0 aromatic carbocycles. The van der Waals surface area contributed by atoms with E-state index in [1.165, 1.54) is 0 Å². The van der Waals surface area contributed by atoms with Crippen LogP contribution in [0.25, 0.3) is 0 Å². The summed E-state index contributed by atoms with van der Waals surface area (Å²) in [5.74, 6) is 0.255. The molecular formula is C6H10O3. The predicted octanol–water partition coefficient (Wildman–Crippen LogP) is -0.260. The van der Waals surface area contributed by atoms with Gasteiger partial charge in [-0.25, -0.2) is 0 Å². The first-order chi connectivity index (χ1) is 4.38. The van der Waals surface area contributed by atoms with Gasteiger partial charge < -0.3 is 14.6 Å². The first-order valence-electron chi connectivity index (χ1n) is 3.29. The smallest absolute Gasteiger partial charge is 0.163 e. The van der Waals surface area contributed by atoms with Gasteiger partial charge in [0.25, 0.3) is 0 Å². The number of ether oxygens (including phenoxy) is 2. The zero-order valence-electron chi connectivity index (χ0n) is 5.12. The Balaban J connectivity index is 2.07. The second-order valence-corrected chi connectivity index (χ2v) is 2.59. The van der Waals surface area contributed by atoms with Crippen LogP contribution >= 0.6 is 0 Å². The third-order valence-electron chi connectivity index (χ3n) is 2.01. The van der Waals surface area contributed by atoms with Crippen molar-refractivity contribution in [2.24, 2.45) is 5.92 Å². The summed E-state index contributed by atoms with van der Waals surface area (Å²) >= 11 is 0. The molecule has 0 aliphatic carbocycles. The van der Waals surface area contributed by atoms with Gasteiger partial charge in [0.1, 0.15) is 0 Å². The molecule has 2 heterocycles. The average Bonchev–Trinajstić information content (AvgIpc) is 2.35. The lowest BCUT2D eigenvalue weighted by Gasteiger charge is -2.06. The Bertz CT molecular complexity index is 115. The van der Waals surface area contributed by atoms with Crippen LogP contribution in [-0.4, -0.2) is 30.7 Å². The maximum Gasteiger partial charge on any atom is 0.163 e. The number of hydrogen-bond acceptors (Lipinski definition) is 3. The Kier molecular flexibility index (Phi) is 1.22. The standard InChI is InChI=1S/C6H10O3/c7-5-3-9-6-4(5)1-2-8-6/h4-7H,1-3H2/t4?,5?,6-/m0/s1. The molecule has 0 radical (unpaired) electrons. The third kappa shape index (κ3) is 0.764. The highest BCUT2D eigenvalue weighted by atomic mass is 16.7. The largest absolute Gasteiger partial charge is 0.390 e. The minimum absolute atomic E-state index is 0.0972. The molecule has 1 N–H and O–H groups in total. The van der Waals surface area contributed by atoms with Crippen LogP contribution in [0.1, 0.15) is 6.42 Å². The van der Waals surface area contributed by atoms with E-state index in [0.717, 1.165) is 13.0 Å². The summed E-state index contributed by atoms with van der Waals surface area (Å²) in [6.07, 6.45) is 0.573. The van der Waals surface area contributed by atoms with Crippen molar-refractivity contribution < 1.29 is 14.6 Å². The summed E-state index contributed by atoms with van der Waals surface area (Å²) in [4.78, 5) is 0. The molecule has 0 spiro atoms. The van der Waals surface area contributed by atoms with Crippen LogP contribution in [0, 0.1) is 5.92 Å². The molecule has 2 aliphatic heterocycles. The molecule has 2 aliphatic rings. The average molecular weight is 130 g/mol. The van der Waals surface area contributed by atoms with Crippen molar-refractivity contribution >= 4 is 0 Å². The fourth-order valence-corrected chi connectivity index (χ4v) is 1.44. The number of hydrogen-bond donors (Lipinski definition) is 1. The van der Waals surface area contributed by atoms with Crippen LogP contribution in [0.4, 0.5) is 0 Å². The second kappa shape index (κ2) is 1.94. The maximum absolute atomic E-state index is 9.19. The zero-order valence-corrected chi connectivity index (χ0v) is 5.12. The van der Waals surface area contributed by atoms with Gasteiger partial charge in [0.05, 0.1) is 19.3 Å². The first kappa shape index (κ1) is 5.65. The summed E-state index contributed by atoms with van der Waals surface area (Å²) < 4.78 is 10.3. The molecule has 9 heavy (non-hydrogen) atoms. The predicted molar refractivity (Wildman–Crippen MR) is 29.8 cm³/mol. The van der Waals surface area contributed by atoms with E-state index in [-0.39, 0.29) is 18.3 Å². The molecule has 2 rings (SSSR count). The van der Waals surface area contributed by atoms with Gasteiger partial charge in [-0.15, -0.1) is 0 Å². The lowest BCUT2D eigenvalue weighted by Crippen LogP contribution is -2.18. The van der Waals surface area contributed by atoms with Gasteiger partial charge >= 0.3 is 0 Å². The van der Waals surface area contributed by atoms with Crippen molar-refractivity contribution in [2.45, 2.75) is 18.8 Å². The lowest BCUT2D eigenvalue weighted by molar-refractivity contribution is -0.0907. The molecule has 52 valence electrons. The van der Waals surface area contributed by atoms with Gasteiger partial charge in [0, 0.05) is 5.92 Å². The lowest BCUT2D eigenvalue weighted by atomic mass is 10.0. The molecule has 3 nitrogen and oxygen atoms in total. The van der Waals surface area contributed by atoms with Crippen molar-refractivity contribution in [2.75, 3.05) is 13.2 Å². The van der Waals surface area contributed by atoms with E-state index in [9.17, 15) is 5.11 Å². The van der Waals surface area contributed by atoms with Crippen molar-refractivity contribution in [3.05, 3.63) is 0 Å². The summed E-state index contributed by atoms with van der Waals surface area (Å²) in [6.45, 7) is 1.20. The number of aliphatic hydroxyl groups is 1. The highest BCUT2D eigenvalue weighted by Gasteiger charge is 2.40. The number of rotatable bonds is 0. The molecule has 0 bridgehead atoms. The molecule has 2 saturated heterocycles. The van der Waals surface area contributed by atoms with Crippen LogP contribution < -0.4 is 0 Å². The molecular weight excluding hydrogens is 120 g/mol. The van der Waals surface area contributed by atoms with Gasteiger partial charge in [-0.1, -0.05) is 0 Å². The van der Waals surface area contributed by atoms with Crippen LogP contribution in [0.3, 0.4) is 0 Å². The van der Waals surface area contributed by atoms with Crippen LogP contribution in [0.2, 0.25) is 0 Å². The summed E-state index contributed by atoms with van der Waals surface area (Å²) in [6, 6.07) is 0. The fraction of sp³-hybridized carbons (Fsp3) is 1.00. The summed E-state index contributed by atoms with van der Waals surface area (Å²) in [7, 11) is 0. The fourth-order valence-electron chi connectivity index (χ4n) is 1.44. The van der Waals surface area contributed by atoms with E-state index in [2.05, 4.69) is 0 Å². The van der Waals surface area contributed by atoms with Crippen LogP contribution in [0.15, 0.2) is 0 Å². The Morgan fingerprint density at radius 3 is 3.00 bits per heavy atom. The monoisotopic (exact) mass is 130 g/mol. The molecule has 3 heteroatoms. The quantitative estimate of drug-likeness (QED) is 0.491. The molecule has 2 unspecified atom stereocenters. The number of aliphatic hydroxyl groups excluding tert-OH is 1. The molecule has 0 saturated carbocycles. The molecule has 0 aromatic heterocycles. The Morgan fingerprint density at radius 2 is 2.22 bits per heavy atom. The van der Waals surface area contributed by atoms with Crippen molar-refractivity contribution in [3.63, 3.8) is 0 Å². The Hall–Kier alpha value is -0.120. The summed E-state index contributed by atoms with van der Waals surface area (Å²) in [5, 5.41) is 9.19. The van der Waals surface area contributed by atoms with E-state index in [0.29, 0.717) is 6.61 Å². The molecule has 0 amide bonds. The minimum Gasteiger partial charge on any atom is -0.390 e. The van der Waals surface area contributed by atoms with Crippen molar-refractivity contribution in [1.29, 1.82) is 0 Å². The van der Waals surface area contributed by atoms with Gasteiger partial charge in [0.2, 0.25) is 0 Å². The number of fused-ring (bicyclic) bond motifs is 1. The molecule has 2 fully saturated rings. The highest BCUT2D eigenvalue weighted by Crippen LogP contribution is 2.30. The van der Waals surface area contributed by atoms with Gasteiger partial charge in [-0.05, 0) is 6.42 Å². The van der Waals surface area contributed by atoms with Gasteiger partial charge in [0.15, 0.2) is 6.29 Å². The molecule has 3 atom stereocenters. The Morgan fingerprint density at radius 1 is 1.33 bits per heavy atom. The van der Waals surface area contributed by atoms with E-state index < -0.39 is 0 Å². The van der Waals surface area contributed by atoms with E-state index in [1.54, 1.807) is 0 Å². The first-order valence-corrected chi connectivity index (χ1v) is 3.29. The normalized spacial score (nSPS) is 49.7. The highest BCUT2D eigenvalue weighted by molar-refractivity contribution is 4.81. The Labute approximate surface area is 53.6 Å². The third-order valence-corrected chi connectivity index (χ3v) is 2.01. The van der Waals surface area contributed by atoms with Crippen molar-refractivity contribution in [3.8, 4) is 0 Å². The van der Waals surface area contributed by atoms with E-state index >= 15 is 0 Å². The summed E-state index contributed by atoms with van der Waals surface area (Å²) in [5.41, 5.74) is 0. The maximum atomic E-state index is 9.19. The van der Waals surface area contributed by atoms with Crippen LogP contribution in [-0.2, 0) is 9.47 Å². The second-order valence-electron chi connectivity index (χ2n) is 2.59.